The van der Waals surface area contributed by atoms with E-state index < -0.39 is 0 Å². The molecule has 1 saturated heterocycles. The summed E-state index contributed by atoms with van der Waals surface area (Å²) in [7, 11) is 1.84. The molecular formula is C16H33N3O. The molecule has 0 aliphatic carbocycles. The SMILES string of the molecule is CCCCC(CCC)CNC(=NC)NCC1(C)COC1. The van der Waals surface area contributed by atoms with Crippen molar-refractivity contribution in [3.05, 3.63) is 0 Å². The molecule has 1 heterocycles. The minimum Gasteiger partial charge on any atom is -0.380 e. The Hall–Kier alpha value is -0.770. The normalized spacial score (nSPS) is 19.3. The number of hydrogen-bond donors (Lipinski definition) is 2. The number of unbranched alkanes of at least 4 members (excludes halogenated alkanes) is 1. The fourth-order valence-corrected chi connectivity index (χ4v) is 2.56. The van der Waals surface area contributed by atoms with Gasteiger partial charge in [0.05, 0.1) is 13.2 Å². The Kier molecular flexibility index (Phi) is 7.97. The van der Waals surface area contributed by atoms with Gasteiger partial charge in [0, 0.05) is 25.6 Å². The van der Waals surface area contributed by atoms with Crippen LogP contribution in [-0.4, -0.2) is 39.3 Å². The molecule has 1 rings (SSSR count). The number of nitrogens with zero attached hydrogens (tertiary/aromatic N) is 1. The average Bonchev–Trinajstić information content (AvgIpc) is 2.42. The van der Waals surface area contributed by atoms with Gasteiger partial charge in [0.25, 0.3) is 0 Å². The van der Waals surface area contributed by atoms with Crippen LogP contribution in [0.5, 0.6) is 0 Å². The molecule has 1 unspecified atom stereocenters. The van der Waals surface area contributed by atoms with Crippen molar-refractivity contribution in [3.63, 3.8) is 0 Å². The largest absolute Gasteiger partial charge is 0.380 e. The van der Waals surface area contributed by atoms with Gasteiger partial charge in [-0.05, 0) is 18.8 Å². The van der Waals surface area contributed by atoms with Crippen LogP contribution in [-0.2, 0) is 4.74 Å². The van der Waals surface area contributed by atoms with E-state index in [4.69, 9.17) is 4.74 Å². The predicted molar refractivity (Wildman–Crippen MR) is 86.2 cm³/mol. The zero-order chi connectivity index (χ0) is 14.8. The molecule has 0 aromatic heterocycles. The van der Waals surface area contributed by atoms with Gasteiger partial charge in [-0.3, -0.25) is 4.99 Å². The molecular weight excluding hydrogens is 250 g/mol. The van der Waals surface area contributed by atoms with Gasteiger partial charge >= 0.3 is 0 Å². The van der Waals surface area contributed by atoms with Gasteiger partial charge in [0.15, 0.2) is 5.96 Å². The highest BCUT2D eigenvalue weighted by Crippen LogP contribution is 2.24. The van der Waals surface area contributed by atoms with E-state index in [-0.39, 0.29) is 5.41 Å². The van der Waals surface area contributed by atoms with Crippen molar-refractivity contribution >= 4 is 5.96 Å². The molecule has 0 bridgehead atoms. The molecule has 0 radical (unpaired) electrons. The maximum Gasteiger partial charge on any atom is 0.191 e. The quantitative estimate of drug-likeness (QED) is 0.505. The van der Waals surface area contributed by atoms with E-state index in [0.717, 1.165) is 38.2 Å². The van der Waals surface area contributed by atoms with Crippen LogP contribution in [0.15, 0.2) is 4.99 Å². The maximum atomic E-state index is 5.28. The summed E-state index contributed by atoms with van der Waals surface area (Å²) in [6.07, 6.45) is 6.49. The van der Waals surface area contributed by atoms with E-state index in [1.165, 1.54) is 32.1 Å². The fraction of sp³-hybridized carbons (Fsp3) is 0.938. The van der Waals surface area contributed by atoms with Crippen LogP contribution >= 0.6 is 0 Å². The summed E-state index contributed by atoms with van der Waals surface area (Å²) in [4.78, 5) is 4.32. The smallest absolute Gasteiger partial charge is 0.191 e. The number of hydrogen-bond acceptors (Lipinski definition) is 2. The van der Waals surface area contributed by atoms with E-state index in [1.54, 1.807) is 0 Å². The topological polar surface area (TPSA) is 45.7 Å². The number of nitrogens with one attached hydrogen (secondary N) is 2. The summed E-state index contributed by atoms with van der Waals surface area (Å²) in [5.41, 5.74) is 0.280. The molecule has 1 atom stereocenters. The Morgan fingerprint density at radius 2 is 1.95 bits per heavy atom. The Morgan fingerprint density at radius 3 is 2.45 bits per heavy atom. The average molecular weight is 283 g/mol. The lowest BCUT2D eigenvalue weighted by molar-refractivity contribution is -0.0971. The summed E-state index contributed by atoms with van der Waals surface area (Å²) in [5.74, 6) is 1.69. The van der Waals surface area contributed by atoms with E-state index in [2.05, 4.69) is 36.4 Å². The van der Waals surface area contributed by atoms with Gasteiger partial charge in [0.1, 0.15) is 0 Å². The van der Waals surface area contributed by atoms with Gasteiger partial charge in [-0.15, -0.1) is 0 Å². The second kappa shape index (κ2) is 9.22. The number of rotatable bonds is 9. The lowest BCUT2D eigenvalue weighted by atomic mass is 9.89. The van der Waals surface area contributed by atoms with Crippen molar-refractivity contribution in [2.45, 2.75) is 52.9 Å². The van der Waals surface area contributed by atoms with Crippen LogP contribution < -0.4 is 10.6 Å². The Morgan fingerprint density at radius 1 is 1.20 bits per heavy atom. The molecule has 1 fully saturated rings. The lowest BCUT2D eigenvalue weighted by Gasteiger charge is -2.38. The maximum absolute atomic E-state index is 5.28. The standard InChI is InChI=1S/C16H33N3O/c1-5-7-9-14(8-6-2)10-18-15(17-4)19-11-16(3)12-20-13-16/h14H,5-13H2,1-4H3,(H2,17,18,19). The van der Waals surface area contributed by atoms with Crippen molar-refractivity contribution in [3.8, 4) is 0 Å². The third kappa shape index (κ3) is 6.12. The highest BCUT2D eigenvalue weighted by molar-refractivity contribution is 5.79. The van der Waals surface area contributed by atoms with Crippen molar-refractivity contribution < 1.29 is 4.74 Å². The van der Waals surface area contributed by atoms with E-state index in [9.17, 15) is 0 Å². The summed E-state index contributed by atoms with van der Waals surface area (Å²) in [5, 5.41) is 6.91. The molecule has 2 N–H and O–H groups in total. The first-order valence-electron chi connectivity index (χ1n) is 8.15. The summed E-state index contributed by atoms with van der Waals surface area (Å²) < 4.78 is 5.28. The lowest BCUT2D eigenvalue weighted by Crippen LogP contribution is -2.51. The van der Waals surface area contributed by atoms with Gasteiger partial charge in [-0.25, -0.2) is 0 Å². The predicted octanol–water partition coefficient (Wildman–Crippen LogP) is 2.79. The number of aliphatic imine (C=N–C) groups is 1. The van der Waals surface area contributed by atoms with Crippen molar-refractivity contribution in [1.29, 1.82) is 0 Å². The van der Waals surface area contributed by atoms with Crippen LogP contribution in [0.2, 0.25) is 0 Å². The Labute approximate surface area is 124 Å². The molecule has 118 valence electrons. The van der Waals surface area contributed by atoms with Crippen LogP contribution in [0.3, 0.4) is 0 Å². The van der Waals surface area contributed by atoms with Gasteiger partial charge in [0.2, 0.25) is 0 Å². The summed E-state index contributed by atoms with van der Waals surface area (Å²) in [6.45, 7) is 10.4. The van der Waals surface area contributed by atoms with Gasteiger partial charge < -0.3 is 15.4 Å². The van der Waals surface area contributed by atoms with Crippen LogP contribution in [0.1, 0.15) is 52.9 Å². The molecule has 0 saturated carbocycles. The highest BCUT2D eigenvalue weighted by atomic mass is 16.5. The third-order valence-electron chi connectivity index (χ3n) is 4.03. The second-order valence-electron chi connectivity index (χ2n) is 6.41. The summed E-state index contributed by atoms with van der Waals surface area (Å²) >= 11 is 0. The van der Waals surface area contributed by atoms with Crippen molar-refractivity contribution in [1.82, 2.24) is 10.6 Å². The number of ether oxygens (including phenoxy) is 1. The Balaban J connectivity index is 2.27. The minimum atomic E-state index is 0.280. The first-order chi connectivity index (χ1) is 9.63. The van der Waals surface area contributed by atoms with E-state index in [0.29, 0.717) is 0 Å². The second-order valence-corrected chi connectivity index (χ2v) is 6.41. The zero-order valence-corrected chi connectivity index (χ0v) is 13.8. The molecule has 0 aromatic rings. The molecule has 1 aliphatic rings. The molecule has 0 amide bonds. The minimum absolute atomic E-state index is 0.280. The van der Waals surface area contributed by atoms with Crippen LogP contribution in [0, 0.1) is 11.3 Å². The van der Waals surface area contributed by atoms with Gasteiger partial charge in [-0.2, -0.15) is 0 Å². The van der Waals surface area contributed by atoms with Crippen LogP contribution in [0.25, 0.3) is 0 Å². The zero-order valence-electron chi connectivity index (χ0n) is 13.8. The van der Waals surface area contributed by atoms with E-state index >= 15 is 0 Å². The number of guanidine groups is 1. The van der Waals surface area contributed by atoms with Gasteiger partial charge in [-0.1, -0.05) is 40.0 Å². The molecule has 20 heavy (non-hydrogen) atoms. The molecule has 4 heteroatoms. The first-order valence-corrected chi connectivity index (χ1v) is 8.15. The van der Waals surface area contributed by atoms with Crippen molar-refractivity contribution in [2.24, 2.45) is 16.3 Å². The van der Waals surface area contributed by atoms with Crippen LogP contribution in [0.4, 0.5) is 0 Å². The molecule has 0 aromatic carbocycles. The van der Waals surface area contributed by atoms with Crippen molar-refractivity contribution in [2.75, 3.05) is 33.4 Å². The fourth-order valence-electron chi connectivity index (χ4n) is 2.56. The monoisotopic (exact) mass is 283 g/mol. The van der Waals surface area contributed by atoms with E-state index in [1.807, 2.05) is 7.05 Å². The molecule has 1 aliphatic heterocycles. The third-order valence-corrected chi connectivity index (χ3v) is 4.03. The first kappa shape index (κ1) is 17.3. The summed E-state index contributed by atoms with van der Waals surface area (Å²) in [6, 6.07) is 0. The Bertz CT molecular complexity index is 287. The highest BCUT2D eigenvalue weighted by Gasteiger charge is 2.33. The molecule has 0 spiro atoms. The molecule has 4 nitrogen and oxygen atoms in total.